The van der Waals surface area contributed by atoms with Gasteiger partial charge in [0.05, 0.1) is 7.57 Å². The predicted molar refractivity (Wildman–Crippen MR) is 79.8 cm³/mol. The Kier molecular flexibility index (Phi) is 4.84. The zero-order valence-corrected chi connectivity index (χ0v) is 13.8. The standard InChI is InChI=1S/C13H16Br2OS/c1-2-8-4-3-5-9(6-8)12(16)10-7-11(14)17-13(10)15/h7-9H,2-6H2,1H3. The van der Waals surface area contributed by atoms with Crippen molar-refractivity contribution in [3.63, 3.8) is 0 Å². The topological polar surface area (TPSA) is 17.1 Å². The van der Waals surface area contributed by atoms with Gasteiger partial charge < -0.3 is 0 Å². The van der Waals surface area contributed by atoms with Crippen LogP contribution in [-0.4, -0.2) is 5.78 Å². The largest absolute Gasteiger partial charge is 0.294 e. The molecule has 0 amide bonds. The summed E-state index contributed by atoms with van der Waals surface area (Å²) >= 11 is 8.50. The Balaban J connectivity index is 2.12. The summed E-state index contributed by atoms with van der Waals surface area (Å²) < 4.78 is 1.99. The minimum Gasteiger partial charge on any atom is -0.294 e. The molecule has 0 N–H and O–H groups in total. The Bertz CT molecular complexity index is 414. The lowest BCUT2D eigenvalue weighted by molar-refractivity contribution is 0.0861. The van der Waals surface area contributed by atoms with Gasteiger partial charge in [-0.05, 0) is 56.7 Å². The van der Waals surface area contributed by atoms with Crippen LogP contribution in [0.3, 0.4) is 0 Å². The van der Waals surface area contributed by atoms with Crippen LogP contribution in [0.5, 0.6) is 0 Å². The highest BCUT2D eigenvalue weighted by atomic mass is 79.9. The summed E-state index contributed by atoms with van der Waals surface area (Å²) in [5, 5.41) is 0. The van der Waals surface area contributed by atoms with Crippen LogP contribution in [0.15, 0.2) is 13.6 Å². The van der Waals surface area contributed by atoms with Crippen molar-refractivity contribution in [3.05, 3.63) is 19.2 Å². The first kappa shape index (κ1) is 13.8. The van der Waals surface area contributed by atoms with E-state index in [1.54, 1.807) is 11.3 Å². The molecule has 0 aliphatic heterocycles. The highest BCUT2D eigenvalue weighted by molar-refractivity contribution is 9.12. The molecule has 1 aliphatic rings. The first-order chi connectivity index (χ1) is 8.11. The molecule has 2 rings (SSSR count). The third-order valence-electron chi connectivity index (χ3n) is 3.65. The van der Waals surface area contributed by atoms with E-state index in [1.165, 1.54) is 19.3 Å². The lowest BCUT2D eigenvalue weighted by Gasteiger charge is -2.27. The summed E-state index contributed by atoms with van der Waals surface area (Å²) in [5.74, 6) is 1.32. The Morgan fingerprint density at radius 2 is 2.24 bits per heavy atom. The van der Waals surface area contributed by atoms with Crippen LogP contribution in [0.1, 0.15) is 49.4 Å². The van der Waals surface area contributed by atoms with Crippen molar-refractivity contribution in [3.8, 4) is 0 Å². The molecule has 0 saturated heterocycles. The number of hydrogen-bond donors (Lipinski definition) is 0. The van der Waals surface area contributed by atoms with Crippen LogP contribution >= 0.6 is 43.2 Å². The number of hydrogen-bond acceptors (Lipinski definition) is 2. The molecule has 0 bridgehead atoms. The second kappa shape index (κ2) is 5.98. The van der Waals surface area contributed by atoms with E-state index >= 15 is 0 Å². The molecule has 0 spiro atoms. The van der Waals surface area contributed by atoms with Crippen molar-refractivity contribution in [2.24, 2.45) is 11.8 Å². The molecule has 2 atom stereocenters. The van der Waals surface area contributed by atoms with Gasteiger partial charge >= 0.3 is 0 Å². The van der Waals surface area contributed by atoms with E-state index in [4.69, 9.17) is 0 Å². The average molecular weight is 380 g/mol. The Hall–Kier alpha value is 0.330. The fourth-order valence-electron chi connectivity index (χ4n) is 2.63. The van der Waals surface area contributed by atoms with Crippen molar-refractivity contribution >= 4 is 49.0 Å². The number of ketones is 1. The normalized spacial score (nSPS) is 24.9. The van der Waals surface area contributed by atoms with Gasteiger partial charge in [-0.15, -0.1) is 11.3 Å². The fraction of sp³-hybridized carbons (Fsp3) is 0.615. The van der Waals surface area contributed by atoms with Gasteiger partial charge in [0.2, 0.25) is 0 Å². The van der Waals surface area contributed by atoms with Crippen LogP contribution in [0.4, 0.5) is 0 Å². The zero-order chi connectivity index (χ0) is 12.4. The molecule has 1 aliphatic carbocycles. The quantitative estimate of drug-likeness (QED) is 0.618. The summed E-state index contributed by atoms with van der Waals surface area (Å²) in [6.45, 7) is 2.23. The van der Waals surface area contributed by atoms with Crippen molar-refractivity contribution in [1.82, 2.24) is 0 Å². The van der Waals surface area contributed by atoms with Crippen molar-refractivity contribution in [2.75, 3.05) is 0 Å². The molecule has 1 aromatic rings. The van der Waals surface area contributed by atoms with Crippen LogP contribution in [0.25, 0.3) is 0 Å². The second-order valence-corrected chi connectivity index (χ2v) is 8.49. The van der Waals surface area contributed by atoms with E-state index in [1.807, 2.05) is 6.07 Å². The molecule has 1 heterocycles. The fourth-order valence-corrected chi connectivity index (χ4v) is 5.44. The van der Waals surface area contributed by atoms with Gasteiger partial charge in [0, 0.05) is 11.5 Å². The zero-order valence-electron chi connectivity index (χ0n) is 9.84. The average Bonchev–Trinajstić information content (AvgIpc) is 2.67. The number of carbonyl (C=O) groups is 1. The minimum atomic E-state index is 0.242. The SMILES string of the molecule is CCC1CCCC(C(=O)c2cc(Br)sc2Br)C1. The molecule has 1 fully saturated rings. The van der Waals surface area contributed by atoms with Crippen molar-refractivity contribution in [1.29, 1.82) is 0 Å². The van der Waals surface area contributed by atoms with Gasteiger partial charge in [-0.3, -0.25) is 4.79 Å². The monoisotopic (exact) mass is 378 g/mol. The smallest absolute Gasteiger partial charge is 0.167 e. The number of carbonyl (C=O) groups excluding carboxylic acids is 1. The third kappa shape index (κ3) is 3.21. The van der Waals surface area contributed by atoms with E-state index in [0.29, 0.717) is 5.78 Å². The summed E-state index contributed by atoms with van der Waals surface area (Å²) in [5.41, 5.74) is 0.864. The minimum absolute atomic E-state index is 0.242. The number of thiophene rings is 1. The summed E-state index contributed by atoms with van der Waals surface area (Å²) in [6.07, 6.45) is 5.86. The highest BCUT2D eigenvalue weighted by Gasteiger charge is 2.28. The van der Waals surface area contributed by atoms with Gasteiger partial charge in [-0.25, -0.2) is 0 Å². The Morgan fingerprint density at radius 3 is 2.82 bits per heavy atom. The maximum Gasteiger partial charge on any atom is 0.167 e. The van der Waals surface area contributed by atoms with Gasteiger partial charge in [0.1, 0.15) is 0 Å². The molecule has 94 valence electrons. The molecule has 4 heteroatoms. The maximum absolute atomic E-state index is 12.5. The van der Waals surface area contributed by atoms with E-state index in [-0.39, 0.29) is 5.92 Å². The Morgan fingerprint density at radius 1 is 1.47 bits per heavy atom. The van der Waals surface area contributed by atoms with E-state index in [2.05, 4.69) is 38.8 Å². The molecular formula is C13H16Br2OS. The second-order valence-electron chi connectivity index (χ2n) is 4.74. The first-order valence-corrected chi connectivity index (χ1v) is 8.51. The molecule has 1 saturated carbocycles. The van der Waals surface area contributed by atoms with Crippen LogP contribution in [0.2, 0.25) is 0 Å². The van der Waals surface area contributed by atoms with Crippen LogP contribution in [-0.2, 0) is 0 Å². The molecule has 2 unspecified atom stereocenters. The number of rotatable bonds is 3. The molecular weight excluding hydrogens is 364 g/mol. The van der Waals surface area contributed by atoms with E-state index in [0.717, 1.165) is 31.9 Å². The van der Waals surface area contributed by atoms with Crippen molar-refractivity contribution < 1.29 is 4.79 Å². The van der Waals surface area contributed by atoms with Gasteiger partial charge in [-0.1, -0.05) is 26.2 Å². The molecule has 1 nitrogen and oxygen atoms in total. The lowest BCUT2D eigenvalue weighted by Crippen LogP contribution is -2.22. The lowest BCUT2D eigenvalue weighted by atomic mass is 9.77. The first-order valence-electron chi connectivity index (χ1n) is 6.10. The van der Waals surface area contributed by atoms with Crippen LogP contribution < -0.4 is 0 Å². The maximum atomic E-state index is 12.5. The number of halogens is 2. The van der Waals surface area contributed by atoms with Gasteiger partial charge in [0.25, 0.3) is 0 Å². The predicted octanol–water partition coefficient (Wildman–Crippen LogP) is 5.67. The van der Waals surface area contributed by atoms with Crippen molar-refractivity contribution in [2.45, 2.75) is 39.0 Å². The molecule has 0 radical (unpaired) electrons. The molecule has 0 aromatic carbocycles. The van der Waals surface area contributed by atoms with E-state index < -0.39 is 0 Å². The van der Waals surface area contributed by atoms with Gasteiger partial charge in [0.15, 0.2) is 5.78 Å². The summed E-state index contributed by atoms with van der Waals surface area (Å²) in [4.78, 5) is 12.5. The van der Waals surface area contributed by atoms with Gasteiger partial charge in [-0.2, -0.15) is 0 Å². The van der Waals surface area contributed by atoms with Crippen LogP contribution in [0, 0.1) is 11.8 Å². The van der Waals surface area contributed by atoms with E-state index in [9.17, 15) is 4.79 Å². The summed E-state index contributed by atoms with van der Waals surface area (Å²) in [7, 11) is 0. The molecule has 17 heavy (non-hydrogen) atoms. The Labute approximate surface area is 123 Å². The molecule has 1 aromatic heterocycles. The third-order valence-corrected chi connectivity index (χ3v) is 5.99. The highest BCUT2D eigenvalue weighted by Crippen LogP contribution is 2.37. The summed E-state index contributed by atoms with van der Waals surface area (Å²) in [6, 6.07) is 1.95. The number of Topliss-reactive ketones (excluding diaryl/α,β-unsaturated/α-hetero) is 1.